The van der Waals surface area contributed by atoms with Gasteiger partial charge >= 0.3 is 0 Å². The number of nitrogens with zero attached hydrogens (tertiary/aromatic N) is 3. The molecule has 1 unspecified atom stereocenters. The van der Waals surface area contributed by atoms with Crippen molar-refractivity contribution < 1.29 is 0 Å². The van der Waals surface area contributed by atoms with Crippen LogP contribution in [-0.4, -0.2) is 54.8 Å². The summed E-state index contributed by atoms with van der Waals surface area (Å²) in [5.74, 6) is 0.889. The lowest BCUT2D eigenvalue weighted by atomic mass is 10.0. The third-order valence-electron chi connectivity index (χ3n) is 5.16. The lowest BCUT2D eigenvalue weighted by Gasteiger charge is -2.37. The molecule has 2 aliphatic rings. The Morgan fingerprint density at radius 2 is 1.88 bits per heavy atom. The summed E-state index contributed by atoms with van der Waals surface area (Å²) in [5, 5.41) is 0. The average Bonchev–Trinajstić information content (AvgIpc) is 3.06. The van der Waals surface area contributed by atoms with Crippen LogP contribution in [0.2, 0.25) is 0 Å². The Morgan fingerprint density at radius 3 is 2.46 bits per heavy atom. The quantitative estimate of drug-likeness (QED) is 0.748. The first-order chi connectivity index (χ1) is 11.7. The zero-order chi connectivity index (χ0) is 16.9. The fourth-order valence-electron chi connectivity index (χ4n) is 3.44. The van der Waals surface area contributed by atoms with Crippen LogP contribution in [0.25, 0.3) is 0 Å². The van der Waals surface area contributed by atoms with Crippen molar-refractivity contribution in [3.63, 3.8) is 0 Å². The van der Waals surface area contributed by atoms with E-state index in [2.05, 4.69) is 63.9 Å². The van der Waals surface area contributed by atoms with Crippen LogP contribution in [-0.2, 0) is 12.8 Å². The van der Waals surface area contributed by atoms with Crippen molar-refractivity contribution in [3.05, 3.63) is 35.4 Å². The highest BCUT2D eigenvalue weighted by atomic mass is 15.6. The van der Waals surface area contributed by atoms with Gasteiger partial charge in [-0.15, -0.1) is 0 Å². The van der Waals surface area contributed by atoms with Crippen LogP contribution in [0.15, 0.2) is 29.3 Å². The van der Waals surface area contributed by atoms with Gasteiger partial charge < -0.3 is 9.80 Å². The third-order valence-corrected chi connectivity index (χ3v) is 5.16. The number of benzene rings is 1. The zero-order valence-electron chi connectivity index (χ0n) is 14.8. The number of aryl methyl sites for hydroxylation is 1. The minimum atomic E-state index is -0.320. The highest BCUT2D eigenvalue weighted by molar-refractivity contribution is 5.81. The van der Waals surface area contributed by atoms with E-state index in [0.29, 0.717) is 6.04 Å². The largest absolute Gasteiger partial charge is 0.342 e. The summed E-state index contributed by atoms with van der Waals surface area (Å²) in [7, 11) is 2.25. The molecule has 0 aromatic heterocycles. The number of nitrogens with two attached hydrogens (primary N) is 1. The van der Waals surface area contributed by atoms with Crippen LogP contribution in [0.1, 0.15) is 30.9 Å². The summed E-state index contributed by atoms with van der Waals surface area (Å²) in [5.41, 5.74) is 14.6. The number of guanidine groups is 1. The van der Waals surface area contributed by atoms with Gasteiger partial charge in [-0.05, 0) is 43.9 Å². The van der Waals surface area contributed by atoms with E-state index in [1.165, 1.54) is 24.0 Å². The summed E-state index contributed by atoms with van der Waals surface area (Å²) in [6.07, 6.45) is 4.25. The molecule has 3 rings (SSSR count). The minimum absolute atomic E-state index is 0.320. The van der Waals surface area contributed by atoms with E-state index in [1.807, 2.05) is 0 Å². The van der Waals surface area contributed by atoms with Crippen molar-refractivity contribution in [1.82, 2.24) is 20.7 Å². The molecule has 132 valence electrons. The smallest absolute Gasteiger partial charge is 0.211 e. The maximum absolute atomic E-state index is 5.72. The van der Waals surface area contributed by atoms with Crippen molar-refractivity contribution in [2.24, 2.45) is 10.7 Å². The lowest BCUT2D eigenvalue weighted by molar-refractivity contribution is 0.164. The lowest BCUT2D eigenvalue weighted by Crippen LogP contribution is -2.50. The highest BCUT2D eigenvalue weighted by Gasteiger charge is 2.26. The molecule has 1 saturated heterocycles. The van der Waals surface area contributed by atoms with Gasteiger partial charge in [0.25, 0.3) is 0 Å². The minimum Gasteiger partial charge on any atom is -0.342 e. The Morgan fingerprint density at radius 1 is 1.21 bits per heavy atom. The topological polar surface area (TPSA) is 68.9 Å². The monoisotopic (exact) mass is 330 g/mol. The molecule has 2 heterocycles. The van der Waals surface area contributed by atoms with Crippen LogP contribution >= 0.6 is 0 Å². The number of likely N-dealkylation sites (N-methyl/N-ethyl adjacent to an activating group) is 1. The maximum Gasteiger partial charge on any atom is 0.211 e. The van der Waals surface area contributed by atoms with Crippen LogP contribution in [0, 0.1) is 0 Å². The summed E-state index contributed by atoms with van der Waals surface area (Å²) in [6, 6.07) is 9.70. The third kappa shape index (κ3) is 4.26. The fraction of sp³-hybridized carbons (Fsp3) is 0.611. The van der Waals surface area contributed by atoms with E-state index in [0.717, 1.165) is 38.4 Å². The second kappa shape index (κ2) is 7.96. The molecule has 0 bridgehead atoms. The molecule has 4 N–H and O–H groups in total. The van der Waals surface area contributed by atoms with E-state index >= 15 is 0 Å². The molecule has 2 aliphatic heterocycles. The number of hydrazine groups is 1. The molecule has 6 heteroatoms. The van der Waals surface area contributed by atoms with Gasteiger partial charge in [-0.25, -0.2) is 4.99 Å². The van der Waals surface area contributed by atoms with Crippen LogP contribution in [0.4, 0.5) is 0 Å². The van der Waals surface area contributed by atoms with Gasteiger partial charge in [0.05, 0.1) is 0 Å². The Hall–Kier alpha value is -1.63. The second-order valence-electron chi connectivity index (χ2n) is 6.79. The summed E-state index contributed by atoms with van der Waals surface area (Å²) in [4.78, 5) is 9.15. The van der Waals surface area contributed by atoms with E-state index in [4.69, 9.17) is 5.73 Å². The number of likely N-dealkylation sites (tertiary alicyclic amines) is 1. The normalized spacial score (nSPS) is 21.9. The molecule has 0 aliphatic carbocycles. The molecule has 0 radical (unpaired) electrons. The Kier molecular flexibility index (Phi) is 5.71. The standard InChI is InChI=1S/C18H30N6/c1-3-14-4-6-15(7-5-14)8-11-23(2)16-9-12-24(13-10-16)18-20-17(19)21-22-18/h4-7,16-17,21H,3,8-13,19H2,1-2H3,(H,20,22). The van der Waals surface area contributed by atoms with E-state index in [9.17, 15) is 0 Å². The molecular weight excluding hydrogens is 300 g/mol. The molecule has 1 aromatic carbocycles. The molecule has 6 nitrogen and oxygen atoms in total. The summed E-state index contributed by atoms with van der Waals surface area (Å²) >= 11 is 0. The maximum atomic E-state index is 5.72. The zero-order valence-corrected chi connectivity index (χ0v) is 14.8. The van der Waals surface area contributed by atoms with Gasteiger partial charge in [0, 0.05) is 25.7 Å². The molecule has 0 spiro atoms. The Labute approximate surface area is 145 Å². The van der Waals surface area contributed by atoms with Crippen LogP contribution in [0.5, 0.6) is 0 Å². The Bertz CT molecular complexity index is 547. The SMILES string of the molecule is CCc1ccc(CCN(C)C2CCN(C3=NC(N)NN3)CC2)cc1. The van der Waals surface area contributed by atoms with E-state index in [1.54, 1.807) is 0 Å². The molecular formula is C18H30N6. The Balaban J connectivity index is 1.43. The van der Waals surface area contributed by atoms with Crippen molar-refractivity contribution in [1.29, 1.82) is 0 Å². The van der Waals surface area contributed by atoms with Gasteiger partial charge in [0.15, 0.2) is 6.29 Å². The number of rotatable bonds is 5. The van der Waals surface area contributed by atoms with Crippen molar-refractivity contribution in [3.8, 4) is 0 Å². The molecule has 1 aromatic rings. The molecule has 1 fully saturated rings. The second-order valence-corrected chi connectivity index (χ2v) is 6.79. The van der Waals surface area contributed by atoms with Gasteiger partial charge in [-0.1, -0.05) is 31.2 Å². The summed E-state index contributed by atoms with van der Waals surface area (Å²) in [6.45, 7) is 5.37. The van der Waals surface area contributed by atoms with Gasteiger partial charge in [0.1, 0.15) is 0 Å². The van der Waals surface area contributed by atoms with Crippen LogP contribution < -0.4 is 16.6 Å². The van der Waals surface area contributed by atoms with Crippen molar-refractivity contribution >= 4 is 5.96 Å². The van der Waals surface area contributed by atoms with Gasteiger partial charge in [-0.2, -0.15) is 5.43 Å². The van der Waals surface area contributed by atoms with E-state index in [-0.39, 0.29) is 6.29 Å². The first kappa shape index (κ1) is 17.2. The number of nitrogens with one attached hydrogen (secondary N) is 2. The predicted octanol–water partition coefficient (Wildman–Crippen LogP) is 0.894. The number of aliphatic imine (C=N–C) groups is 1. The van der Waals surface area contributed by atoms with Crippen molar-refractivity contribution in [2.75, 3.05) is 26.7 Å². The average molecular weight is 330 g/mol. The van der Waals surface area contributed by atoms with Crippen LogP contribution in [0.3, 0.4) is 0 Å². The molecule has 0 amide bonds. The number of piperidine rings is 1. The number of hydrogen-bond donors (Lipinski definition) is 3. The fourth-order valence-corrected chi connectivity index (χ4v) is 3.44. The number of hydrogen-bond acceptors (Lipinski definition) is 6. The molecule has 24 heavy (non-hydrogen) atoms. The molecule has 0 saturated carbocycles. The van der Waals surface area contributed by atoms with E-state index < -0.39 is 0 Å². The predicted molar refractivity (Wildman–Crippen MR) is 98.4 cm³/mol. The highest BCUT2D eigenvalue weighted by Crippen LogP contribution is 2.17. The first-order valence-corrected chi connectivity index (χ1v) is 9.03. The summed E-state index contributed by atoms with van der Waals surface area (Å²) < 4.78 is 0. The first-order valence-electron chi connectivity index (χ1n) is 9.03. The van der Waals surface area contributed by atoms with Gasteiger partial charge in [0.2, 0.25) is 5.96 Å². The van der Waals surface area contributed by atoms with Gasteiger partial charge in [-0.3, -0.25) is 11.2 Å². The van der Waals surface area contributed by atoms with Crippen molar-refractivity contribution in [2.45, 2.75) is 44.9 Å². The molecule has 1 atom stereocenters.